The van der Waals surface area contributed by atoms with Crippen molar-refractivity contribution in [3.8, 4) is 11.5 Å². The smallest absolute Gasteiger partial charge is 0.163 e. The van der Waals surface area contributed by atoms with E-state index in [1.807, 2.05) is 24.3 Å². The van der Waals surface area contributed by atoms with Crippen molar-refractivity contribution in [2.75, 3.05) is 25.1 Å². The van der Waals surface area contributed by atoms with Gasteiger partial charge in [-0.05, 0) is 12.0 Å². The monoisotopic (exact) mass is 289 g/mol. The van der Waals surface area contributed by atoms with Crippen molar-refractivity contribution in [3.05, 3.63) is 53.1 Å². The lowest BCUT2D eigenvalue weighted by atomic mass is 10.1. The summed E-state index contributed by atoms with van der Waals surface area (Å²) in [4.78, 5) is 0. The molecule has 0 spiro atoms. The number of nitrogens with one attached hydrogen (secondary N) is 1. The van der Waals surface area contributed by atoms with Crippen LogP contribution >= 0.6 is 11.6 Å². The van der Waals surface area contributed by atoms with E-state index in [1.165, 1.54) is 5.56 Å². The van der Waals surface area contributed by atoms with Crippen LogP contribution in [0.15, 0.2) is 42.5 Å². The van der Waals surface area contributed by atoms with E-state index >= 15 is 0 Å². The Hall–Kier alpha value is -1.87. The molecule has 20 heavy (non-hydrogen) atoms. The maximum atomic E-state index is 6.24. The van der Waals surface area contributed by atoms with Crippen molar-refractivity contribution >= 4 is 17.3 Å². The number of hydrogen-bond donors (Lipinski definition) is 1. The van der Waals surface area contributed by atoms with Gasteiger partial charge in [0.1, 0.15) is 13.2 Å². The second-order valence-electron chi connectivity index (χ2n) is 4.64. The molecule has 0 atom stereocenters. The summed E-state index contributed by atoms with van der Waals surface area (Å²) in [7, 11) is 0. The van der Waals surface area contributed by atoms with Gasteiger partial charge in [-0.15, -0.1) is 0 Å². The normalized spacial score (nSPS) is 13.1. The number of halogens is 1. The minimum absolute atomic E-state index is 0.574. The van der Waals surface area contributed by atoms with Gasteiger partial charge in [0, 0.05) is 18.7 Å². The van der Waals surface area contributed by atoms with E-state index in [0.29, 0.717) is 18.2 Å². The molecule has 1 aliphatic rings. The van der Waals surface area contributed by atoms with Gasteiger partial charge in [0.2, 0.25) is 0 Å². The van der Waals surface area contributed by atoms with Crippen LogP contribution in [0.2, 0.25) is 5.02 Å². The maximum absolute atomic E-state index is 6.24. The summed E-state index contributed by atoms with van der Waals surface area (Å²) in [5.41, 5.74) is 2.18. The summed E-state index contributed by atoms with van der Waals surface area (Å²) >= 11 is 6.24. The zero-order chi connectivity index (χ0) is 13.8. The van der Waals surface area contributed by atoms with Gasteiger partial charge in [-0.3, -0.25) is 0 Å². The molecule has 0 amide bonds. The Bertz CT molecular complexity index is 587. The average molecular weight is 290 g/mol. The third-order valence-corrected chi connectivity index (χ3v) is 3.52. The van der Waals surface area contributed by atoms with E-state index < -0.39 is 0 Å². The molecular formula is C16H16ClNO2. The minimum Gasteiger partial charge on any atom is -0.486 e. The van der Waals surface area contributed by atoms with Crippen LogP contribution < -0.4 is 14.8 Å². The molecule has 1 N–H and O–H groups in total. The summed E-state index contributed by atoms with van der Waals surface area (Å²) in [6.07, 6.45) is 0.950. The molecule has 0 saturated carbocycles. The predicted molar refractivity (Wildman–Crippen MR) is 81.1 cm³/mol. The highest BCUT2D eigenvalue weighted by Gasteiger charge is 2.14. The van der Waals surface area contributed by atoms with Gasteiger partial charge >= 0.3 is 0 Å². The SMILES string of the molecule is Clc1cc2c(cc1NCCc1ccccc1)OCCO2. The van der Waals surface area contributed by atoms with E-state index in [0.717, 1.165) is 30.2 Å². The molecule has 1 heterocycles. The van der Waals surface area contributed by atoms with Crippen molar-refractivity contribution in [2.45, 2.75) is 6.42 Å². The molecular weight excluding hydrogens is 274 g/mol. The Morgan fingerprint density at radius 1 is 1.00 bits per heavy atom. The second-order valence-corrected chi connectivity index (χ2v) is 5.05. The molecule has 4 heteroatoms. The first-order chi connectivity index (χ1) is 9.83. The zero-order valence-corrected chi connectivity index (χ0v) is 11.8. The largest absolute Gasteiger partial charge is 0.486 e. The molecule has 3 nitrogen and oxygen atoms in total. The lowest BCUT2D eigenvalue weighted by molar-refractivity contribution is 0.171. The lowest BCUT2D eigenvalue weighted by Crippen LogP contribution is -2.15. The zero-order valence-electron chi connectivity index (χ0n) is 11.1. The highest BCUT2D eigenvalue weighted by atomic mass is 35.5. The minimum atomic E-state index is 0.574. The number of fused-ring (bicyclic) bond motifs is 1. The Morgan fingerprint density at radius 3 is 2.45 bits per heavy atom. The van der Waals surface area contributed by atoms with E-state index in [-0.39, 0.29) is 0 Å². The van der Waals surface area contributed by atoms with E-state index in [1.54, 1.807) is 6.07 Å². The molecule has 0 aromatic heterocycles. The van der Waals surface area contributed by atoms with Crippen LogP contribution in [0.5, 0.6) is 11.5 Å². The fourth-order valence-corrected chi connectivity index (χ4v) is 2.41. The summed E-state index contributed by atoms with van der Waals surface area (Å²) in [5, 5.41) is 4.00. The summed E-state index contributed by atoms with van der Waals surface area (Å²) < 4.78 is 11.1. The molecule has 0 saturated heterocycles. The van der Waals surface area contributed by atoms with Gasteiger partial charge in [0.25, 0.3) is 0 Å². The Balaban J connectivity index is 1.65. The van der Waals surface area contributed by atoms with Crippen LogP contribution in [0.4, 0.5) is 5.69 Å². The van der Waals surface area contributed by atoms with Gasteiger partial charge in [-0.1, -0.05) is 41.9 Å². The number of benzene rings is 2. The van der Waals surface area contributed by atoms with Gasteiger partial charge < -0.3 is 14.8 Å². The van der Waals surface area contributed by atoms with E-state index in [9.17, 15) is 0 Å². The standard InChI is InChI=1S/C16H16ClNO2/c17-13-10-15-16(20-9-8-19-15)11-14(13)18-7-6-12-4-2-1-3-5-12/h1-5,10-11,18H,6-9H2. The van der Waals surface area contributed by atoms with Crippen LogP contribution in [-0.4, -0.2) is 19.8 Å². The first-order valence-electron chi connectivity index (χ1n) is 6.70. The van der Waals surface area contributed by atoms with Gasteiger partial charge in [-0.2, -0.15) is 0 Å². The molecule has 0 fully saturated rings. The molecule has 104 valence electrons. The Morgan fingerprint density at radius 2 is 1.70 bits per heavy atom. The first-order valence-corrected chi connectivity index (χ1v) is 7.08. The van der Waals surface area contributed by atoms with Crippen LogP contribution in [0.3, 0.4) is 0 Å². The molecule has 0 aliphatic carbocycles. The lowest BCUT2D eigenvalue weighted by Gasteiger charge is -2.20. The van der Waals surface area contributed by atoms with Crippen LogP contribution in [0.1, 0.15) is 5.56 Å². The number of rotatable bonds is 4. The van der Waals surface area contributed by atoms with Crippen LogP contribution in [0.25, 0.3) is 0 Å². The molecule has 2 aromatic rings. The molecule has 0 bridgehead atoms. The molecule has 3 rings (SSSR count). The highest BCUT2D eigenvalue weighted by Crippen LogP contribution is 2.37. The summed E-state index contributed by atoms with van der Waals surface area (Å²) in [5.74, 6) is 1.47. The highest BCUT2D eigenvalue weighted by molar-refractivity contribution is 6.33. The van der Waals surface area contributed by atoms with Crippen LogP contribution in [0, 0.1) is 0 Å². The van der Waals surface area contributed by atoms with Crippen molar-refractivity contribution < 1.29 is 9.47 Å². The Kier molecular flexibility index (Phi) is 3.97. The number of ether oxygens (including phenoxy) is 2. The summed E-state index contributed by atoms with van der Waals surface area (Å²) in [6, 6.07) is 14.1. The van der Waals surface area contributed by atoms with E-state index in [4.69, 9.17) is 21.1 Å². The quantitative estimate of drug-likeness (QED) is 0.929. The third-order valence-electron chi connectivity index (χ3n) is 3.20. The maximum Gasteiger partial charge on any atom is 0.163 e. The van der Waals surface area contributed by atoms with Crippen LogP contribution in [-0.2, 0) is 6.42 Å². The summed E-state index contributed by atoms with van der Waals surface area (Å²) in [6.45, 7) is 1.98. The van der Waals surface area contributed by atoms with E-state index in [2.05, 4.69) is 17.4 Å². The van der Waals surface area contributed by atoms with Gasteiger partial charge in [-0.25, -0.2) is 0 Å². The third kappa shape index (κ3) is 2.99. The number of anilines is 1. The fraction of sp³-hybridized carbons (Fsp3) is 0.250. The molecule has 0 unspecified atom stereocenters. The topological polar surface area (TPSA) is 30.5 Å². The number of hydrogen-bond acceptors (Lipinski definition) is 3. The second kappa shape index (κ2) is 6.06. The predicted octanol–water partition coefficient (Wildman–Crippen LogP) is 3.77. The van der Waals surface area contributed by atoms with Gasteiger partial charge in [0.05, 0.1) is 10.7 Å². The molecule has 2 aromatic carbocycles. The van der Waals surface area contributed by atoms with Crippen molar-refractivity contribution in [1.82, 2.24) is 0 Å². The van der Waals surface area contributed by atoms with Crippen molar-refractivity contribution in [2.24, 2.45) is 0 Å². The van der Waals surface area contributed by atoms with Gasteiger partial charge in [0.15, 0.2) is 11.5 Å². The van der Waals surface area contributed by atoms with Crippen molar-refractivity contribution in [3.63, 3.8) is 0 Å². The molecule has 0 radical (unpaired) electrons. The molecule has 1 aliphatic heterocycles. The first kappa shape index (κ1) is 13.1. The fourth-order valence-electron chi connectivity index (χ4n) is 2.19. The Labute approximate surface area is 123 Å². The van der Waals surface area contributed by atoms with Crippen molar-refractivity contribution in [1.29, 1.82) is 0 Å². The average Bonchev–Trinajstić information content (AvgIpc) is 2.49.